The average molecular weight is 342 g/mol. The molecule has 0 aliphatic heterocycles. The van der Waals surface area contributed by atoms with Crippen LogP contribution in [0.3, 0.4) is 0 Å². The summed E-state index contributed by atoms with van der Waals surface area (Å²) in [6.45, 7) is 4.14. The third kappa shape index (κ3) is 3.81. The highest BCUT2D eigenvalue weighted by atomic mass is 32.2. The minimum absolute atomic E-state index is 0.0969. The first-order valence-corrected chi connectivity index (χ1v) is 9.09. The van der Waals surface area contributed by atoms with Gasteiger partial charge in [-0.05, 0) is 24.3 Å². The van der Waals surface area contributed by atoms with E-state index < -0.39 is 14.9 Å². The van der Waals surface area contributed by atoms with Crippen molar-refractivity contribution in [2.24, 2.45) is 11.8 Å². The zero-order valence-corrected chi connectivity index (χ0v) is 14.3. The van der Waals surface area contributed by atoms with Crippen molar-refractivity contribution < 1.29 is 18.1 Å². The molecule has 1 aromatic rings. The lowest BCUT2D eigenvalue weighted by Gasteiger charge is -2.34. The van der Waals surface area contributed by atoms with Crippen molar-refractivity contribution in [1.29, 1.82) is 0 Å². The van der Waals surface area contributed by atoms with E-state index in [4.69, 9.17) is 4.74 Å². The molecule has 1 fully saturated rings. The first-order valence-electron chi connectivity index (χ1n) is 7.61. The highest BCUT2D eigenvalue weighted by Crippen LogP contribution is 2.32. The maximum absolute atomic E-state index is 12.7. The minimum atomic E-state index is -3.89. The van der Waals surface area contributed by atoms with Crippen LogP contribution in [0.2, 0.25) is 0 Å². The van der Waals surface area contributed by atoms with Gasteiger partial charge in [0.25, 0.3) is 5.69 Å². The second-order valence-corrected chi connectivity index (χ2v) is 7.77. The standard InChI is InChI=1S/C15H22N2O5S/c1-10-5-4-6-13(11(10)2)16-23(20,21)15-9-12(17(18)19)7-8-14(15)22-3/h7-11,13,16H,4-6H2,1-3H3. The van der Waals surface area contributed by atoms with Gasteiger partial charge in [0, 0.05) is 18.2 Å². The Bertz CT molecular complexity index is 689. The van der Waals surface area contributed by atoms with Gasteiger partial charge < -0.3 is 4.74 Å². The molecule has 128 valence electrons. The molecule has 1 aromatic carbocycles. The molecule has 0 heterocycles. The highest BCUT2D eigenvalue weighted by molar-refractivity contribution is 7.89. The van der Waals surface area contributed by atoms with Crippen LogP contribution in [-0.2, 0) is 10.0 Å². The quantitative estimate of drug-likeness (QED) is 0.655. The van der Waals surface area contributed by atoms with Crippen LogP contribution in [0.1, 0.15) is 33.1 Å². The van der Waals surface area contributed by atoms with Crippen molar-refractivity contribution in [3.63, 3.8) is 0 Å². The van der Waals surface area contributed by atoms with Crippen LogP contribution in [0.25, 0.3) is 0 Å². The average Bonchev–Trinajstić information content (AvgIpc) is 2.51. The van der Waals surface area contributed by atoms with Crippen molar-refractivity contribution in [2.75, 3.05) is 7.11 Å². The summed E-state index contributed by atoms with van der Waals surface area (Å²) in [5.41, 5.74) is -0.281. The topological polar surface area (TPSA) is 98.5 Å². The van der Waals surface area contributed by atoms with E-state index in [2.05, 4.69) is 11.6 Å². The predicted molar refractivity (Wildman–Crippen MR) is 85.9 cm³/mol. The molecule has 0 radical (unpaired) electrons. The minimum Gasteiger partial charge on any atom is -0.495 e. The van der Waals surface area contributed by atoms with E-state index in [-0.39, 0.29) is 28.3 Å². The van der Waals surface area contributed by atoms with E-state index >= 15 is 0 Å². The number of nitrogens with zero attached hydrogens (tertiary/aromatic N) is 1. The number of benzene rings is 1. The molecule has 8 heteroatoms. The summed E-state index contributed by atoms with van der Waals surface area (Å²) in [5, 5.41) is 10.9. The number of nitro groups is 1. The van der Waals surface area contributed by atoms with Crippen molar-refractivity contribution in [2.45, 2.75) is 44.0 Å². The third-order valence-electron chi connectivity index (χ3n) is 4.66. The SMILES string of the molecule is COc1ccc([N+](=O)[O-])cc1S(=O)(=O)NC1CCCC(C)C1C. The fraction of sp³-hybridized carbons (Fsp3) is 0.600. The van der Waals surface area contributed by atoms with E-state index in [1.807, 2.05) is 6.92 Å². The smallest absolute Gasteiger partial charge is 0.271 e. The normalized spacial score (nSPS) is 25.1. The van der Waals surface area contributed by atoms with Gasteiger partial charge in [-0.3, -0.25) is 10.1 Å². The summed E-state index contributed by atoms with van der Waals surface area (Å²) < 4.78 is 33.2. The lowest BCUT2D eigenvalue weighted by Crippen LogP contribution is -2.43. The molecule has 23 heavy (non-hydrogen) atoms. The van der Waals surface area contributed by atoms with E-state index in [1.54, 1.807) is 0 Å². The molecule has 2 rings (SSSR count). The fourth-order valence-electron chi connectivity index (χ4n) is 3.00. The van der Waals surface area contributed by atoms with Gasteiger partial charge in [0.2, 0.25) is 10.0 Å². The number of sulfonamides is 1. The van der Waals surface area contributed by atoms with Gasteiger partial charge in [-0.25, -0.2) is 13.1 Å². The zero-order chi connectivity index (χ0) is 17.2. The number of ether oxygens (including phenoxy) is 1. The molecule has 7 nitrogen and oxygen atoms in total. The second kappa shape index (κ2) is 6.84. The van der Waals surface area contributed by atoms with E-state index in [0.29, 0.717) is 5.92 Å². The van der Waals surface area contributed by atoms with Gasteiger partial charge in [-0.1, -0.05) is 26.7 Å². The number of hydrogen-bond donors (Lipinski definition) is 1. The zero-order valence-electron chi connectivity index (χ0n) is 13.5. The van der Waals surface area contributed by atoms with Crippen molar-refractivity contribution in [1.82, 2.24) is 4.72 Å². The van der Waals surface area contributed by atoms with Crippen LogP contribution < -0.4 is 9.46 Å². The Balaban J connectivity index is 2.35. The van der Waals surface area contributed by atoms with Gasteiger partial charge in [-0.2, -0.15) is 0 Å². The van der Waals surface area contributed by atoms with E-state index in [0.717, 1.165) is 25.3 Å². The molecule has 0 bridgehead atoms. The predicted octanol–water partition coefficient (Wildman–Crippen LogP) is 2.71. The molecule has 0 spiro atoms. The Labute approximate surface area is 136 Å². The molecular weight excluding hydrogens is 320 g/mol. The molecule has 0 amide bonds. The number of nitrogens with one attached hydrogen (secondary N) is 1. The first-order chi connectivity index (χ1) is 10.8. The number of methoxy groups -OCH3 is 1. The van der Waals surface area contributed by atoms with Crippen LogP contribution in [0, 0.1) is 22.0 Å². The largest absolute Gasteiger partial charge is 0.495 e. The molecule has 1 aliphatic rings. The van der Waals surface area contributed by atoms with Crippen LogP contribution in [0.5, 0.6) is 5.75 Å². The Morgan fingerprint density at radius 3 is 2.61 bits per heavy atom. The van der Waals surface area contributed by atoms with Gasteiger partial charge in [0.05, 0.1) is 12.0 Å². The summed E-state index contributed by atoms with van der Waals surface area (Å²) >= 11 is 0. The molecule has 3 unspecified atom stereocenters. The molecular formula is C15H22N2O5S. The maximum Gasteiger partial charge on any atom is 0.271 e. The maximum atomic E-state index is 12.7. The molecule has 1 aliphatic carbocycles. The van der Waals surface area contributed by atoms with Crippen LogP contribution in [0.15, 0.2) is 23.1 Å². The van der Waals surface area contributed by atoms with E-state index in [1.165, 1.54) is 19.2 Å². The number of nitro benzene ring substituents is 1. The lowest BCUT2D eigenvalue weighted by molar-refractivity contribution is -0.385. The van der Waals surface area contributed by atoms with Crippen LogP contribution in [-0.4, -0.2) is 26.5 Å². The van der Waals surface area contributed by atoms with Crippen LogP contribution in [0.4, 0.5) is 5.69 Å². The van der Waals surface area contributed by atoms with Crippen molar-refractivity contribution in [3.8, 4) is 5.75 Å². The first kappa shape index (κ1) is 17.7. The molecule has 3 atom stereocenters. The summed E-state index contributed by atoms with van der Waals surface area (Å²) in [6.07, 6.45) is 2.81. The Hall–Kier alpha value is -1.67. The van der Waals surface area contributed by atoms with Gasteiger partial charge >= 0.3 is 0 Å². The second-order valence-electron chi connectivity index (χ2n) is 6.09. The van der Waals surface area contributed by atoms with Gasteiger partial charge in [0.15, 0.2) is 0 Å². The molecule has 0 aromatic heterocycles. The van der Waals surface area contributed by atoms with Crippen LogP contribution >= 0.6 is 0 Å². The summed E-state index contributed by atoms with van der Waals surface area (Å²) in [7, 11) is -2.56. The Morgan fingerprint density at radius 1 is 1.30 bits per heavy atom. The van der Waals surface area contributed by atoms with Crippen molar-refractivity contribution in [3.05, 3.63) is 28.3 Å². The monoisotopic (exact) mass is 342 g/mol. The highest BCUT2D eigenvalue weighted by Gasteiger charge is 2.32. The number of non-ortho nitro benzene ring substituents is 1. The Morgan fingerprint density at radius 2 is 2.00 bits per heavy atom. The Kier molecular flexibility index (Phi) is 5.26. The van der Waals surface area contributed by atoms with Gasteiger partial charge in [0.1, 0.15) is 10.6 Å². The fourth-order valence-corrected chi connectivity index (χ4v) is 4.55. The summed E-state index contributed by atoms with van der Waals surface area (Å²) in [5.74, 6) is 0.742. The molecule has 1 N–H and O–H groups in total. The van der Waals surface area contributed by atoms with E-state index in [9.17, 15) is 18.5 Å². The molecule has 0 saturated heterocycles. The molecule has 1 saturated carbocycles. The van der Waals surface area contributed by atoms with Gasteiger partial charge in [-0.15, -0.1) is 0 Å². The number of rotatable bonds is 5. The lowest BCUT2D eigenvalue weighted by atomic mass is 9.78. The summed E-state index contributed by atoms with van der Waals surface area (Å²) in [4.78, 5) is 10.1. The number of hydrogen-bond acceptors (Lipinski definition) is 5. The summed E-state index contributed by atoms with van der Waals surface area (Å²) in [6, 6.07) is 3.40. The van der Waals surface area contributed by atoms with Crippen molar-refractivity contribution >= 4 is 15.7 Å². The third-order valence-corrected chi connectivity index (χ3v) is 6.17.